The molecule has 1 aromatic heterocycles. The number of carbonyl (C=O) groups is 1. The van der Waals surface area contributed by atoms with E-state index in [1.807, 2.05) is 0 Å². The Bertz CT molecular complexity index is 844. The summed E-state index contributed by atoms with van der Waals surface area (Å²) < 4.78 is 18.1. The van der Waals surface area contributed by atoms with E-state index >= 15 is 0 Å². The highest BCUT2D eigenvalue weighted by Gasteiger charge is 2.13. The Morgan fingerprint density at radius 1 is 1.12 bits per heavy atom. The Kier molecular flexibility index (Phi) is 4.35. The van der Waals surface area contributed by atoms with Crippen molar-refractivity contribution >= 4 is 5.97 Å². The maximum Gasteiger partial charge on any atom is 0.320 e. The number of benzene rings is 2. The molecular weight excluding hydrogens is 313 g/mol. The van der Waals surface area contributed by atoms with Gasteiger partial charge in [0.15, 0.2) is 0 Å². The number of rotatable bonds is 5. The zero-order chi connectivity index (χ0) is 17.1. The maximum absolute atomic E-state index is 12.9. The molecule has 1 heterocycles. The molecule has 0 bridgehead atoms. The van der Waals surface area contributed by atoms with Crippen LogP contribution in [0.15, 0.2) is 53.1 Å². The van der Waals surface area contributed by atoms with Crippen LogP contribution in [-0.4, -0.2) is 27.3 Å². The number of aromatic nitrogens is 2. The van der Waals surface area contributed by atoms with Crippen LogP contribution in [0.2, 0.25) is 0 Å². The molecule has 3 aromatic rings. The van der Waals surface area contributed by atoms with E-state index in [1.165, 1.54) is 12.1 Å². The van der Waals surface area contributed by atoms with Gasteiger partial charge in [-0.2, -0.15) is 4.98 Å². The van der Waals surface area contributed by atoms with Gasteiger partial charge in [0.2, 0.25) is 5.82 Å². The van der Waals surface area contributed by atoms with Crippen molar-refractivity contribution in [1.29, 1.82) is 0 Å². The second kappa shape index (κ2) is 6.59. The Morgan fingerprint density at radius 3 is 2.38 bits per heavy atom. The van der Waals surface area contributed by atoms with E-state index in [4.69, 9.17) is 15.4 Å². The zero-order valence-corrected chi connectivity index (χ0v) is 12.5. The molecule has 0 aliphatic carbocycles. The number of aliphatic carboxylic acids is 1. The van der Waals surface area contributed by atoms with Gasteiger partial charge in [0.1, 0.15) is 11.9 Å². The third-order valence-corrected chi connectivity index (χ3v) is 3.50. The Hall–Kier alpha value is -3.06. The van der Waals surface area contributed by atoms with Gasteiger partial charge >= 0.3 is 5.97 Å². The van der Waals surface area contributed by atoms with Gasteiger partial charge in [-0.1, -0.05) is 29.4 Å². The molecule has 0 saturated carbocycles. The van der Waals surface area contributed by atoms with Crippen molar-refractivity contribution in [3.63, 3.8) is 0 Å². The van der Waals surface area contributed by atoms with E-state index in [0.717, 1.165) is 11.1 Å². The summed E-state index contributed by atoms with van der Waals surface area (Å²) in [5, 5.41) is 12.7. The fraction of sp³-hybridized carbons (Fsp3) is 0.118. The highest BCUT2D eigenvalue weighted by atomic mass is 19.1. The molecule has 2 aromatic carbocycles. The van der Waals surface area contributed by atoms with Crippen molar-refractivity contribution in [3.05, 3.63) is 59.9 Å². The van der Waals surface area contributed by atoms with Crippen LogP contribution >= 0.6 is 0 Å². The fourth-order valence-corrected chi connectivity index (χ4v) is 2.18. The fourth-order valence-electron chi connectivity index (χ4n) is 2.18. The lowest BCUT2D eigenvalue weighted by molar-refractivity contribution is -0.138. The number of carboxylic acids is 1. The van der Waals surface area contributed by atoms with E-state index < -0.39 is 12.0 Å². The van der Waals surface area contributed by atoms with Crippen LogP contribution in [0.5, 0.6) is 0 Å². The van der Waals surface area contributed by atoms with Crippen LogP contribution in [0.1, 0.15) is 5.56 Å². The van der Waals surface area contributed by atoms with E-state index in [-0.39, 0.29) is 12.2 Å². The Morgan fingerprint density at radius 2 is 1.75 bits per heavy atom. The lowest BCUT2D eigenvalue weighted by Crippen LogP contribution is -2.32. The Balaban J connectivity index is 1.78. The first-order chi connectivity index (χ1) is 11.5. The minimum Gasteiger partial charge on any atom is -0.480 e. The third-order valence-electron chi connectivity index (χ3n) is 3.50. The third kappa shape index (κ3) is 3.47. The lowest BCUT2D eigenvalue weighted by atomic mass is 10.0. The van der Waals surface area contributed by atoms with E-state index in [1.54, 1.807) is 36.4 Å². The molecule has 122 valence electrons. The summed E-state index contributed by atoms with van der Waals surface area (Å²) in [5.74, 6) is -0.694. The molecule has 0 aliphatic heterocycles. The van der Waals surface area contributed by atoms with Crippen molar-refractivity contribution in [2.24, 2.45) is 5.73 Å². The average Bonchev–Trinajstić information content (AvgIpc) is 3.06. The number of nitrogens with zero attached hydrogens (tertiary/aromatic N) is 2. The van der Waals surface area contributed by atoms with Gasteiger partial charge < -0.3 is 15.4 Å². The second-order valence-corrected chi connectivity index (χ2v) is 5.28. The SMILES string of the molecule is N[C@@H](Cc1ccc(-c2noc(-c3ccc(F)cc3)n2)cc1)C(=O)O. The molecule has 7 heteroatoms. The molecule has 0 aliphatic rings. The largest absolute Gasteiger partial charge is 0.480 e. The molecule has 0 radical (unpaired) electrons. The number of carboxylic acid groups (broad SMARTS) is 1. The molecule has 3 rings (SSSR count). The van der Waals surface area contributed by atoms with Gasteiger partial charge in [-0.05, 0) is 36.2 Å². The van der Waals surface area contributed by atoms with Crippen LogP contribution in [-0.2, 0) is 11.2 Å². The summed E-state index contributed by atoms with van der Waals surface area (Å²) in [7, 11) is 0. The first-order valence-corrected chi connectivity index (χ1v) is 7.20. The van der Waals surface area contributed by atoms with Gasteiger partial charge in [-0.25, -0.2) is 4.39 Å². The molecule has 3 N–H and O–H groups in total. The molecule has 6 nitrogen and oxygen atoms in total. The van der Waals surface area contributed by atoms with Gasteiger partial charge in [0, 0.05) is 11.1 Å². The molecule has 0 unspecified atom stereocenters. The predicted octanol–water partition coefficient (Wildman–Crippen LogP) is 2.50. The Labute approximate surface area is 136 Å². The van der Waals surface area contributed by atoms with Crippen LogP contribution in [0.3, 0.4) is 0 Å². The maximum atomic E-state index is 12.9. The monoisotopic (exact) mass is 327 g/mol. The van der Waals surface area contributed by atoms with Gasteiger partial charge in [0.25, 0.3) is 5.89 Å². The summed E-state index contributed by atoms with van der Waals surface area (Å²) in [6.45, 7) is 0. The first-order valence-electron chi connectivity index (χ1n) is 7.20. The summed E-state index contributed by atoms with van der Waals surface area (Å²) in [4.78, 5) is 15.0. The van der Waals surface area contributed by atoms with E-state index in [0.29, 0.717) is 17.3 Å². The predicted molar refractivity (Wildman–Crippen MR) is 84.4 cm³/mol. The van der Waals surface area contributed by atoms with Crippen molar-refractivity contribution < 1.29 is 18.8 Å². The van der Waals surface area contributed by atoms with E-state index in [2.05, 4.69) is 10.1 Å². The van der Waals surface area contributed by atoms with Crippen LogP contribution in [0, 0.1) is 5.82 Å². The number of nitrogens with two attached hydrogens (primary N) is 1. The summed E-state index contributed by atoms with van der Waals surface area (Å²) in [6.07, 6.45) is 0.239. The van der Waals surface area contributed by atoms with Gasteiger partial charge in [-0.15, -0.1) is 0 Å². The van der Waals surface area contributed by atoms with Crippen LogP contribution in [0.4, 0.5) is 4.39 Å². The first kappa shape index (κ1) is 15.8. The minimum atomic E-state index is -1.04. The van der Waals surface area contributed by atoms with Crippen molar-refractivity contribution in [3.8, 4) is 22.8 Å². The van der Waals surface area contributed by atoms with Crippen LogP contribution < -0.4 is 5.73 Å². The molecular formula is C17H14FN3O3. The van der Waals surface area contributed by atoms with Crippen molar-refractivity contribution in [2.75, 3.05) is 0 Å². The lowest BCUT2D eigenvalue weighted by Gasteiger charge is -2.06. The molecule has 0 spiro atoms. The highest BCUT2D eigenvalue weighted by molar-refractivity contribution is 5.73. The standard InChI is InChI=1S/C17H14FN3O3/c18-13-7-5-12(6-8-13)16-20-15(21-24-16)11-3-1-10(2-4-11)9-14(19)17(22)23/h1-8,14H,9,19H2,(H,22,23)/t14-/m0/s1. The summed E-state index contributed by atoms with van der Waals surface area (Å²) >= 11 is 0. The molecule has 1 atom stereocenters. The van der Waals surface area contributed by atoms with Crippen molar-refractivity contribution in [1.82, 2.24) is 10.1 Å². The number of hydrogen-bond donors (Lipinski definition) is 2. The number of halogens is 1. The minimum absolute atomic E-state index is 0.239. The molecule has 0 amide bonds. The quantitative estimate of drug-likeness (QED) is 0.746. The van der Waals surface area contributed by atoms with Gasteiger partial charge in [-0.3, -0.25) is 4.79 Å². The highest BCUT2D eigenvalue weighted by Crippen LogP contribution is 2.22. The molecule has 0 fully saturated rings. The average molecular weight is 327 g/mol. The summed E-state index contributed by atoms with van der Waals surface area (Å²) in [6, 6.07) is 11.9. The van der Waals surface area contributed by atoms with Crippen molar-refractivity contribution in [2.45, 2.75) is 12.5 Å². The zero-order valence-electron chi connectivity index (χ0n) is 12.5. The second-order valence-electron chi connectivity index (χ2n) is 5.28. The van der Waals surface area contributed by atoms with Crippen LogP contribution in [0.25, 0.3) is 22.8 Å². The summed E-state index contributed by atoms with van der Waals surface area (Å²) in [5.41, 5.74) is 7.66. The molecule has 0 saturated heterocycles. The molecule has 24 heavy (non-hydrogen) atoms. The smallest absolute Gasteiger partial charge is 0.320 e. The van der Waals surface area contributed by atoms with Gasteiger partial charge in [0.05, 0.1) is 0 Å². The number of hydrogen-bond acceptors (Lipinski definition) is 5. The normalized spacial score (nSPS) is 12.1. The van der Waals surface area contributed by atoms with E-state index in [9.17, 15) is 9.18 Å². The topological polar surface area (TPSA) is 102 Å².